The molecule has 5 heteroatoms. The fourth-order valence-corrected chi connectivity index (χ4v) is 4.65. The van der Waals surface area contributed by atoms with E-state index in [9.17, 15) is 13.2 Å². The van der Waals surface area contributed by atoms with E-state index in [1.807, 2.05) is 60.7 Å². The molecule has 120 valence electrons. The maximum atomic E-state index is 12.8. The van der Waals surface area contributed by atoms with Crippen LogP contribution < -0.4 is 5.32 Å². The third kappa shape index (κ3) is 3.79. The predicted molar refractivity (Wildman–Crippen MR) is 89.9 cm³/mol. The lowest BCUT2D eigenvalue weighted by atomic mass is 9.90. The monoisotopic (exact) mass is 329 g/mol. The zero-order chi connectivity index (χ0) is 16.3. The van der Waals surface area contributed by atoms with Gasteiger partial charge in [-0.05, 0) is 17.5 Å². The van der Waals surface area contributed by atoms with E-state index >= 15 is 0 Å². The summed E-state index contributed by atoms with van der Waals surface area (Å²) in [5, 5.41) is 2.91. The number of hydrogen-bond donors (Lipinski definition) is 1. The summed E-state index contributed by atoms with van der Waals surface area (Å²) in [7, 11) is -3.01. The molecular weight excluding hydrogens is 310 g/mol. The van der Waals surface area contributed by atoms with Crippen LogP contribution in [0.2, 0.25) is 0 Å². The van der Waals surface area contributed by atoms with Crippen LogP contribution in [0, 0.1) is 0 Å². The van der Waals surface area contributed by atoms with E-state index in [1.54, 1.807) is 0 Å². The molecule has 0 aliphatic carbocycles. The second-order valence-electron chi connectivity index (χ2n) is 5.86. The summed E-state index contributed by atoms with van der Waals surface area (Å²) in [5.74, 6) is -0.390. The number of carbonyl (C=O) groups excluding carboxylic acids is 1. The van der Waals surface area contributed by atoms with Crippen LogP contribution in [0.25, 0.3) is 0 Å². The summed E-state index contributed by atoms with van der Waals surface area (Å²) in [4.78, 5) is 12.8. The summed E-state index contributed by atoms with van der Waals surface area (Å²) >= 11 is 0. The van der Waals surface area contributed by atoms with Gasteiger partial charge in [0.1, 0.15) is 0 Å². The Kier molecular flexibility index (Phi) is 4.48. The smallest absolute Gasteiger partial charge is 0.232 e. The second kappa shape index (κ2) is 6.54. The third-order valence-corrected chi connectivity index (χ3v) is 5.87. The Morgan fingerprint density at radius 1 is 0.957 bits per heavy atom. The lowest BCUT2D eigenvalue weighted by Crippen LogP contribution is -2.39. The van der Waals surface area contributed by atoms with Gasteiger partial charge in [0.2, 0.25) is 5.91 Å². The van der Waals surface area contributed by atoms with Gasteiger partial charge in [-0.3, -0.25) is 4.79 Å². The molecule has 0 saturated carbocycles. The Hall–Kier alpha value is -2.14. The van der Waals surface area contributed by atoms with Gasteiger partial charge < -0.3 is 5.32 Å². The summed E-state index contributed by atoms with van der Waals surface area (Å²) in [6.45, 7) is 0. The molecule has 1 aliphatic rings. The molecule has 3 rings (SSSR count). The molecule has 2 aromatic rings. The quantitative estimate of drug-likeness (QED) is 0.934. The zero-order valence-corrected chi connectivity index (χ0v) is 13.5. The minimum absolute atomic E-state index is 0.0367. The lowest BCUT2D eigenvalue weighted by Gasteiger charge is -2.20. The van der Waals surface area contributed by atoms with Gasteiger partial charge in [-0.15, -0.1) is 0 Å². The summed E-state index contributed by atoms with van der Waals surface area (Å²) in [6, 6.07) is 18.8. The highest BCUT2D eigenvalue weighted by atomic mass is 32.2. The molecule has 1 saturated heterocycles. The van der Waals surface area contributed by atoms with Crippen LogP contribution >= 0.6 is 0 Å². The van der Waals surface area contributed by atoms with Crippen molar-refractivity contribution in [1.82, 2.24) is 5.32 Å². The van der Waals surface area contributed by atoms with Crippen molar-refractivity contribution in [3.05, 3.63) is 71.8 Å². The standard InChI is InChI=1S/C18H19NO3S/c20-18(19-16-11-12-23(21,22)13-16)17(14-7-3-1-4-8-14)15-9-5-2-6-10-15/h1-10,16-17H,11-13H2,(H,19,20)/t16-/m0/s1. The van der Waals surface area contributed by atoms with Crippen LogP contribution in [0.15, 0.2) is 60.7 Å². The second-order valence-corrected chi connectivity index (χ2v) is 8.09. The average molecular weight is 329 g/mol. The first kappa shape index (κ1) is 15.7. The minimum Gasteiger partial charge on any atom is -0.351 e. The van der Waals surface area contributed by atoms with Crippen molar-refractivity contribution >= 4 is 15.7 Å². The molecule has 0 unspecified atom stereocenters. The Balaban J connectivity index is 1.85. The lowest BCUT2D eigenvalue weighted by molar-refractivity contribution is -0.122. The van der Waals surface area contributed by atoms with Gasteiger partial charge >= 0.3 is 0 Å². The van der Waals surface area contributed by atoms with E-state index in [0.717, 1.165) is 11.1 Å². The molecule has 0 bridgehead atoms. The van der Waals surface area contributed by atoms with Crippen molar-refractivity contribution in [1.29, 1.82) is 0 Å². The zero-order valence-electron chi connectivity index (χ0n) is 12.7. The number of rotatable bonds is 4. The SMILES string of the molecule is O=C(N[C@H]1CCS(=O)(=O)C1)C(c1ccccc1)c1ccccc1. The van der Waals surface area contributed by atoms with Gasteiger partial charge in [-0.25, -0.2) is 8.42 Å². The van der Waals surface area contributed by atoms with Crippen LogP contribution in [-0.4, -0.2) is 31.9 Å². The Morgan fingerprint density at radius 3 is 1.91 bits per heavy atom. The third-order valence-electron chi connectivity index (χ3n) is 4.11. The largest absolute Gasteiger partial charge is 0.351 e. The number of benzene rings is 2. The molecule has 0 aromatic heterocycles. The van der Waals surface area contributed by atoms with Crippen molar-refractivity contribution in [2.24, 2.45) is 0 Å². The molecule has 4 nitrogen and oxygen atoms in total. The highest BCUT2D eigenvalue weighted by molar-refractivity contribution is 7.91. The molecule has 1 atom stereocenters. The number of hydrogen-bond acceptors (Lipinski definition) is 3. The van der Waals surface area contributed by atoms with E-state index in [2.05, 4.69) is 5.32 Å². The molecular formula is C18H19NO3S. The Bertz CT molecular complexity index is 733. The van der Waals surface area contributed by atoms with Gasteiger partial charge in [0, 0.05) is 6.04 Å². The molecule has 1 aliphatic heterocycles. The molecule has 1 N–H and O–H groups in total. The van der Waals surface area contributed by atoms with E-state index in [4.69, 9.17) is 0 Å². The first-order valence-electron chi connectivity index (χ1n) is 7.66. The first-order valence-corrected chi connectivity index (χ1v) is 9.48. The molecule has 1 heterocycles. The van der Waals surface area contributed by atoms with Crippen molar-refractivity contribution in [2.75, 3.05) is 11.5 Å². The summed E-state index contributed by atoms with van der Waals surface area (Å²) in [5.41, 5.74) is 1.80. The van der Waals surface area contributed by atoms with Crippen LogP contribution in [0.1, 0.15) is 23.5 Å². The minimum atomic E-state index is -3.01. The van der Waals surface area contributed by atoms with Crippen LogP contribution in [0.4, 0.5) is 0 Å². The maximum Gasteiger partial charge on any atom is 0.232 e. The van der Waals surface area contributed by atoms with E-state index in [1.165, 1.54) is 0 Å². The average Bonchev–Trinajstić information content (AvgIpc) is 2.88. The van der Waals surface area contributed by atoms with E-state index in [0.29, 0.717) is 6.42 Å². The van der Waals surface area contributed by atoms with Crippen molar-refractivity contribution in [2.45, 2.75) is 18.4 Å². The van der Waals surface area contributed by atoms with E-state index < -0.39 is 15.8 Å². The molecule has 2 aromatic carbocycles. The number of nitrogens with one attached hydrogen (secondary N) is 1. The van der Waals surface area contributed by atoms with Gasteiger partial charge in [-0.2, -0.15) is 0 Å². The van der Waals surface area contributed by atoms with Crippen molar-refractivity contribution < 1.29 is 13.2 Å². The van der Waals surface area contributed by atoms with Crippen LogP contribution in [0.3, 0.4) is 0 Å². The highest BCUT2D eigenvalue weighted by Gasteiger charge is 2.31. The van der Waals surface area contributed by atoms with E-state index in [-0.39, 0.29) is 23.5 Å². The van der Waals surface area contributed by atoms with Crippen LogP contribution in [-0.2, 0) is 14.6 Å². The molecule has 0 spiro atoms. The number of amides is 1. The summed E-state index contributed by atoms with van der Waals surface area (Å²) in [6.07, 6.45) is 0.490. The van der Waals surface area contributed by atoms with Crippen LogP contribution in [0.5, 0.6) is 0 Å². The Labute approximate surface area is 136 Å². The van der Waals surface area contributed by atoms with Crippen molar-refractivity contribution in [3.63, 3.8) is 0 Å². The molecule has 1 fully saturated rings. The highest BCUT2D eigenvalue weighted by Crippen LogP contribution is 2.25. The predicted octanol–water partition coefficient (Wildman–Crippen LogP) is 2.12. The van der Waals surface area contributed by atoms with Gasteiger partial charge in [0.15, 0.2) is 9.84 Å². The molecule has 23 heavy (non-hydrogen) atoms. The Morgan fingerprint density at radius 2 is 1.48 bits per heavy atom. The van der Waals surface area contributed by atoms with Gasteiger partial charge in [-0.1, -0.05) is 60.7 Å². The summed E-state index contributed by atoms with van der Waals surface area (Å²) < 4.78 is 23.2. The van der Waals surface area contributed by atoms with Gasteiger partial charge in [0.25, 0.3) is 0 Å². The fraction of sp³-hybridized carbons (Fsp3) is 0.278. The molecule has 0 radical (unpaired) electrons. The maximum absolute atomic E-state index is 12.8. The topological polar surface area (TPSA) is 63.2 Å². The number of sulfone groups is 1. The first-order chi connectivity index (χ1) is 11.1. The molecule has 1 amide bonds. The van der Waals surface area contributed by atoms with Crippen molar-refractivity contribution in [3.8, 4) is 0 Å². The van der Waals surface area contributed by atoms with Gasteiger partial charge in [0.05, 0.1) is 17.4 Å². The normalized spacial score (nSPS) is 19.6. The fourth-order valence-electron chi connectivity index (χ4n) is 2.98. The number of carbonyl (C=O) groups is 1.